The summed E-state index contributed by atoms with van der Waals surface area (Å²) in [5, 5.41) is 1.03. The third-order valence-electron chi connectivity index (χ3n) is 4.67. The smallest absolute Gasteiger partial charge is 0.241 e. The van der Waals surface area contributed by atoms with Gasteiger partial charge in [-0.15, -0.1) is 0 Å². The second kappa shape index (κ2) is 8.14. The Labute approximate surface area is 159 Å². The van der Waals surface area contributed by atoms with Crippen molar-refractivity contribution in [2.75, 3.05) is 0 Å². The maximum atomic E-state index is 11.1. The van der Waals surface area contributed by atoms with Crippen molar-refractivity contribution >= 4 is 22.9 Å². The first-order valence-corrected chi connectivity index (χ1v) is 9.23. The number of nitrogens with two attached hydrogens (primary N) is 2. The van der Waals surface area contributed by atoms with Crippen LogP contribution in [-0.2, 0) is 17.8 Å². The molecule has 0 bridgehead atoms. The number of aromatic nitrogens is 1. The van der Waals surface area contributed by atoms with Gasteiger partial charge in [0.25, 0.3) is 0 Å². The monoisotopic (exact) mass is 359 g/mol. The number of carbonyl (C=O) groups is 1. The van der Waals surface area contributed by atoms with E-state index < -0.39 is 5.91 Å². The van der Waals surface area contributed by atoms with Crippen LogP contribution >= 0.6 is 0 Å². The molecular weight excluding hydrogens is 334 g/mol. The molecule has 0 aliphatic carbocycles. The Morgan fingerprint density at radius 3 is 2.52 bits per heavy atom. The molecule has 0 aliphatic rings. The first-order valence-electron chi connectivity index (χ1n) is 9.23. The highest BCUT2D eigenvalue weighted by Crippen LogP contribution is 2.34. The minimum atomic E-state index is -0.465. The van der Waals surface area contributed by atoms with E-state index in [-0.39, 0.29) is 0 Å². The van der Waals surface area contributed by atoms with Crippen molar-refractivity contribution in [3.8, 4) is 11.1 Å². The van der Waals surface area contributed by atoms with E-state index in [1.54, 1.807) is 6.08 Å². The van der Waals surface area contributed by atoms with Crippen LogP contribution in [0.3, 0.4) is 0 Å². The first-order chi connectivity index (χ1) is 13.0. The molecule has 3 rings (SSSR count). The fourth-order valence-electron chi connectivity index (χ4n) is 3.37. The molecule has 27 heavy (non-hydrogen) atoms. The van der Waals surface area contributed by atoms with Gasteiger partial charge in [0.05, 0.1) is 5.52 Å². The summed E-state index contributed by atoms with van der Waals surface area (Å²) in [6.45, 7) is 4.66. The third-order valence-corrected chi connectivity index (χ3v) is 4.67. The number of primary amides is 1. The van der Waals surface area contributed by atoms with Crippen LogP contribution in [-0.4, -0.2) is 10.9 Å². The minimum Gasteiger partial charge on any atom is -0.366 e. The van der Waals surface area contributed by atoms with E-state index in [0.717, 1.165) is 51.7 Å². The second-order valence-electron chi connectivity index (χ2n) is 6.74. The Balaban J connectivity index is 2.32. The van der Waals surface area contributed by atoms with Crippen LogP contribution in [0.2, 0.25) is 0 Å². The highest BCUT2D eigenvalue weighted by atomic mass is 16.1. The van der Waals surface area contributed by atoms with E-state index >= 15 is 0 Å². The van der Waals surface area contributed by atoms with Gasteiger partial charge in [-0.25, -0.2) is 0 Å². The van der Waals surface area contributed by atoms with Crippen molar-refractivity contribution < 1.29 is 4.79 Å². The van der Waals surface area contributed by atoms with Crippen LogP contribution < -0.4 is 11.5 Å². The average Bonchev–Trinajstić information content (AvgIpc) is 2.66. The summed E-state index contributed by atoms with van der Waals surface area (Å²) in [4.78, 5) is 16.0. The Morgan fingerprint density at radius 2 is 1.89 bits per heavy atom. The lowest BCUT2D eigenvalue weighted by Crippen LogP contribution is -2.08. The zero-order valence-electron chi connectivity index (χ0n) is 15.8. The molecule has 0 spiro atoms. The van der Waals surface area contributed by atoms with E-state index in [4.69, 9.17) is 16.5 Å². The molecule has 2 aromatic carbocycles. The molecule has 4 heteroatoms. The zero-order chi connectivity index (χ0) is 19.4. The number of carbonyl (C=O) groups excluding carboxylic acids is 1. The Bertz CT molecular complexity index is 1000. The van der Waals surface area contributed by atoms with Crippen LogP contribution in [0.15, 0.2) is 48.5 Å². The van der Waals surface area contributed by atoms with Crippen LogP contribution in [0.1, 0.15) is 35.7 Å². The average molecular weight is 359 g/mol. The molecule has 0 saturated carbocycles. The molecule has 4 N–H and O–H groups in total. The molecule has 1 amide bonds. The van der Waals surface area contributed by atoms with Gasteiger partial charge in [0, 0.05) is 23.7 Å². The standard InChI is InChI=1S/C23H25N3O/c1-3-4-20-19(14-24)23(17-9-5-15(2)6-10-17)18-13-16(8-12-22(25)27)7-11-21(18)26-20/h5-13H,3-4,14,24H2,1-2H3,(H2,25,27)/b12-8+. The number of benzene rings is 2. The van der Waals surface area contributed by atoms with Crippen molar-refractivity contribution in [2.24, 2.45) is 11.5 Å². The van der Waals surface area contributed by atoms with Gasteiger partial charge in [-0.2, -0.15) is 0 Å². The van der Waals surface area contributed by atoms with E-state index in [0.29, 0.717) is 6.54 Å². The van der Waals surface area contributed by atoms with Crippen molar-refractivity contribution in [3.63, 3.8) is 0 Å². The molecule has 0 fully saturated rings. The Hall–Kier alpha value is -2.98. The fraction of sp³-hybridized carbons (Fsp3) is 0.217. The van der Waals surface area contributed by atoms with Gasteiger partial charge in [-0.05, 0) is 53.8 Å². The summed E-state index contributed by atoms with van der Waals surface area (Å²) < 4.78 is 0. The van der Waals surface area contributed by atoms with Crippen LogP contribution in [0.5, 0.6) is 0 Å². The summed E-state index contributed by atoms with van der Waals surface area (Å²) >= 11 is 0. The summed E-state index contributed by atoms with van der Waals surface area (Å²) in [5.41, 5.74) is 18.8. The molecule has 0 atom stereocenters. The molecule has 0 saturated heterocycles. The SMILES string of the molecule is CCCc1nc2ccc(/C=C/C(N)=O)cc2c(-c2ccc(C)cc2)c1CN. The molecule has 1 heterocycles. The maximum absolute atomic E-state index is 11.1. The summed E-state index contributed by atoms with van der Waals surface area (Å²) in [6.07, 6.45) is 5.00. The number of hydrogen-bond donors (Lipinski definition) is 2. The number of amides is 1. The van der Waals surface area contributed by atoms with Crippen molar-refractivity contribution in [1.82, 2.24) is 4.98 Å². The maximum Gasteiger partial charge on any atom is 0.241 e. The quantitative estimate of drug-likeness (QED) is 0.650. The first kappa shape index (κ1) is 18.8. The van der Waals surface area contributed by atoms with Crippen molar-refractivity contribution in [2.45, 2.75) is 33.2 Å². The zero-order valence-corrected chi connectivity index (χ0v) is 15.8. The van der Waals surface area contributed by atoms with Gasteiger partial charge < -0.3 is 11.5 Å². The lowest BCUT2D eigenvalue weighted by Gasteiger charge is -2.17. The Kier molecular flexibility index (Phi) is 5.67. The number of pyridine rings is 1. The van der Waals surface area contributed by atoms with Crippen LogP contribution in [0.4, 0.5) is 0 Å². The lowest BCUT2D eigenvalue weighted by atomic mass is 9.91. The van der Waals surface area contributed by atoms with Crippen molar-refractivity contribution in [3.05, 3.63) is 70.9 Å². The highest BCUT2D eigenvalue weighted by Gasteiger charge is 2.15. The fourth-order valence-corrected chi connectivity index (χ4v) is 3.37. The molecule has 0 radical (unpaired) electrons. The van der Waals surface area contributed by atoms with E-state index in [9.17, 15) is 4.79 Å². The van der Waals surface area contributed by atoms with Gasteiger partial charge >= 0.3 is 0 Å². The van der Waals surface area contributed by atoms with Crippen LogP contribution in [0, 0.1) is 6.92 Å². The highest BCUT2D eigenvalue weighted by molar-refractivity contribution is 5.98. The molecule has 4 nitrogen and oxygen atoms in total. The number of aryl methyl sites for hydroxylation is 2. The van der Waals surface area contributed by atoms with E-state index in [1.807, 2.05) is 18.2 Å². The molecule has 0 aliphatic heterocycles. The van der Waals surface area contributed by atoms with Gasteiger partial charge in [-0.1, -0.05) is 49.2 Å². The summed E-state index contributed by atoms with van der Waals surface area (Å²) in [7, 11) is 0. The van der Waals surface area contributed by atoms with Crippen LogP contribution in [0.25, 0.3) is 28.1 Å². The normalized spacial score (nSPS) is 11.4. The number of fused-ring (bicyclic) bond motifs is 1. The number of hydrogen-bond acceptors (Lipinski definition) is 3. The van der Waals surface area contributed by atoms with E-state index in [2.05, 4.69) is 38.1 Å². The predicted molar refractivity (Wildman–Crippen MR) is 112 cm³/mol. The van der Waals surface area contributed by atoms with Gasteiger partial charge in [-0.3, -0.25) is 9.78 Å². The second-order valence-corrected chi connectivity index (χ2v) is 6.74. The third kappa shape index (κ3) is 4.07. The van der Waals surface area contributed by atoms with Gasteiger partial charge in [0.2, 0.25) is 5.91 Å². The Morgan fingerprint density at radius 1 is 1.15 bits per heavy atom. The van der Waals surface area contributed by atoms with Gasteiger partial charge in [0.15, 0.2) is 0 Å². The van der Waals surface area contributed by atoms with Gasteiger partial charge in [0.1, 0.15) is 0 Å². The topological polar surface area (TPSA) is 82.0 Å². The summed E-state index contributed by atoms with van der Waals surface area (Å²) in [6, 6.07) is 14.5. The predicted octanol–water partition coefficient (Wildman–Crippen LogP) is 4.12. The van der Waals surface area contributed by atoms with E-state index in [1.165, 1.54) is 11.6 Å². The summed E-state index contributed by atoms with van der Waals surface area (Å²) in [5.74, 6) is -0.465. The number of nitrogens with zero attached hydrogens (tertiary/aromatic N) is 1. The molecular formula is C23H25N3O. The molecule has 138 valence electrons. The molecule has 1 aromatic heterocycles. The molecule has 0 unspecified atom stereocenters. The minimum absolute atomic E-state index is 0.433. The lowest BCUT2D eigenvalue weighted by molar-refractivity contribution is -0.113. The largest absolute Gasteiger partial charge is 0.366 e. The number of rotatable bonds is 6. The molecule has 3 aromatic rings. The van der Waals surface area contributed by atoms with Crippen molar-refractivity contribution in [1.29, 1.82) is 0 Å².